The molecule has 0 amide bonds. The number of H-pyrrole nitrogens is 2. The van der Waals surface area contributed by atoms with Crippen LogP contribution in [0.5, 0.6) is 0 Å². The van der Waals surface area contributed by atoms with Gasteiger partial charge in [0.15, 0.2) is 9.95 Å². The molecule has 0 bridgehead atoms. The highest BCUT2D eigenvalue weighted by Gasteiger charge is 2.14. The number of hydrogen-bond donors (Lipinski definition) is 2. The van der Waals surface area contributed by atoms with Gasteiger partial charge in [0.1, 0.15) is 0 Å². The van der Waals surface area contributed by atoms with E-state index in [0.717, 1.165) is 54.7 Å². The summed E-state index contributed by atoms with van der Waals surface area (Å²) in [5.74, 6) is 0. The highest BCUT2D eigenvalue weighted by atomic mass is 32.3. The number of rotatable bonds is 0. The summed E-state index contributed by atoms with van der Waals surface area (Å²) in [6, 6.07) is 23.7. The fraction of sp³-hybridized carbons (Fsp3) is 0.0769. The molecule has 0 aliphatic carbocycles. The average Bonchev–Trinajstić information content (AvgIpc) is 3.43. The molecule has 2 N–H and O–H groups in total. The maximum atomic E-state index is 8.85. The van der Waals surface area contributed by atoms with Crippen molar-refractivity contribution in [1.82, 2.24) is 9.97 Å². The maximum Gasteiger partial charge on any atom is 0.386 e. The molecule has 0 fully saturated rings. The Balaban J connectivity index is 0.000000147. The van der Waals surface area contributed by atoms with E-state index < -0.39 is 10.4 Å². The van der Waals surface area contributed by atoms with Gasteiger partial charge in [0.2, 0.25) is 10.8 Å². The molecular weight excluding hydrogens is 492 g/mol. The molecular formula is C26H20N6O4S. The molecule has 6 aromatic rings. The van der Waals surface area contributed by atoms with Crippen LogP contribution in [0, 0.1) is 24.6 Å². The molecule has 0 spiro atoms. The molecule has 2 aromatic heterocycles. The van der Waals surface area contributed by atoms with E-state index in [9.17, 15) is 0 Å². The largest absolute Gasteiger partial charge is 0.759 e. The van der Waals surface area contributed by atoms with Gasteiger partial charge in [0, 0.05) is 78.3 Å². The Labute approximate surface area is 211 Å². The number of fused-ring (bicyclic) bond motifs is 6. The molecule has 0 aliphatic heterocycles. The van der Waals surface area contributed by atoms with E-state index >= 15 is 0 Å². The Hall–Kier alpha value is -4.81. The van der Waals surface area contributed by atoms with Gasteiger partial charge in [-0.25, -0.2) is 0 Å². The van der Waals surface area contributed by atoms with Crippen LogP contribution in [0.1, 0.15) is 11.1 Å². The van der Waals surface area contributed by atoms with Crippen LogP contribution in [0.2, 0.25) is 0 Å². The summed E-state index contributed by atoms with van der Waals surface area (Å²) < 4.78 is 34.1. The third-order valence-corrected chi connectivity index (χ3v) is 5.83. The highest BCUT2D eigenvalue weighted by molar-refractivity contribution is 7.79. The van der Waals surface area contributed by atoms with Crippen molar-refractivity contribution in [3.8, 4) is 0 Å². The number of benzene rings is 4. The lowest BCUT2D eigenvalue weighted by molar-refractivity contribution is 0.352. The molecule has 184 valence electrons. The van der Waals surface area contributed by atoms with E-state index in [1.807, 2.05) is 74.5 Å². The first-order valence-electron chi connectivity index (χ1n) is 11.0. The van der Waals surface area contributed by atoms with Crippen LogP contribution < -0.4 is 0 Å². The molecule has 0 unspecified atom stereocenters. The minimum atomic E-state index is -5.17. The number of para-hydroxylation sites is 2. The molecule has 6 rings (SSSR count). The number of diazo groups is 2. The zero-order valence-electron chi connectivity index (χ0n) is 19.8. The molecule has 11 heteroatoms. The second kappa shape index (κ2) is 10.0. The fourth-order valence-corrected chi connectivity index (χ4v) is 4.33. The van der Waals surface area contributed by atoms with E-state index in [1.54, 1.807) is 0 Å². The van der Waals surface area contributed by atoms with Crippen molar-refractivity contribution in [2.75, 3.05) is 0 Å². The predicted octanol–water partition coefficient (Wildman–Crippen LogP) is 6.89. The third-order valence-electron chi connectivity index (χ3n) is 5.83. The number of hydrogen-bond acceptors (Lipinski definition) is 6. The molecule has 37 heavy (non-hydrogen) atoms. The topological polar surface area (TPSA) is 168 Å². The van der Waals surface area contributed by atoms with Gasteiger partial charge in [-0.2, -0.15) is 0 Å². The summed E-state index contributed by atoms with van der Waals surface area (Å²) in [5.41, 5.74) is 7.78. The second-order valence-corrected chi connectivity index (χ2v) is 9.14. The fourth-order valence-electron chi connectivity index (χ4n) is 4.33. The van der Waals surface area contributed by atoms with Crippen LogP contribution in [-0.4, -0.2) is 27.5 Å². The Bertz CT molecular complexity index is 1840. The maximum absolute atomic E-state index is 8.85. The molecule has 2 heterocycles. The van der Waals surface area contributed by atoms with Gasteiger partial charge in [0.25, 0.3) is 0 Å². The lowest BCUT2D eigenvalue weighted by Crippen LogP contribution is -1.91. The summed E-state index contributed by atoms with van der Waals surface area (Å²) >= 11 is 0. The average molecular weight is 513 g/mol. The van der Waals surface area contributed by atoms with Gasteiger partial charge in [-0.15, -0.1) is 0 Å². The lowest BCUT2D eigenvalue weighted by Gasteiger charge is -2.06. The van der Waals surface area contributed by atoms with Gasteiger partial charge in [-0.3, -0.25) is 8.42 Å². The first-order valence-corrected chi connectivity index (χ1v) is 12.3. The quantitative estimate of drug-likeness (QED) is 0.127. The SMILES string of the molecule is Cc1cc([N+]#N)cc2c1[nH]c1ccccc12.Cc1cc([N+]#N)cc2c1[nH]c1ccccc12.O=S(=O)([O-])[O-]. The summed E-state index contributed by atoms with van der Waals surface area (Å²) in [7, 11) is -5.17. The predicted molar refractivity (Wildman–Crippen MR) is 141 cm³/mol. The van der Waals surface area contributed by atoms with Crippen LogP contribution in [0.4, 0.5) is 11.4 Å². The number of aromatic nitrogens is 2. The van der Waals surface area contributed by atoms with E-state index in [0.29, 0.717) is 11.4 Å². The van der Waals surface area contributed by atoms with Gasteiger partial charge < -0.3 is 19.1 Å². The highest BCUT2D eigenvalue weighted by Crippen LogP contribution is 2.32. The Morgan fingerprint density at radius 3 is 1.35 bits per heavy atom. The minimum Gasteiger partial charge on any atom is -0.759 e. The summed E-state index contributed by atoms with van der Waals surface area (Å²) in [6.45, 7) is 4.01. The smallest absolute Gasteiger partial charge is 0.386 e. The number of nitrogens with zero attached hydrogens (tertiary/aromatic N) is 4. The summed E-state index contributed by atoms with van der Waals surface area (Å²) in [6.07, 6.45) is 0. The van der Waals surface area contributed by atoms with Crippen LogP contribution in [0.3, 0.4) is 0 Å². The van der Waals surface area contributed by atoms with Crippen molar-refractivity contribution < 1.29 is 17.5 Å². The van der Waals surface area contributed by atoms with Crippen molar-refractivity contribution in [3.05, 3.63) is 93.9 Å². The standard InChI is InChI=1S/2C13H10N3.H2O4S/c2*1-8-6-9(16-14)7-11-10-4-2-3-5-12(10)15-13(8)11;1-5(2,3)4/h2*2-7,15H,1H3;(H2,1,2,3,4)/q2*+1;/p-2. The van der Waals surface area contributed by atoms with Crippen molar-refractivity contribution >= 4 is 65.4 Å². The zero-order chi connectivity index (χ0) is 26.7. The first kappa shape index (κ1) is 25.3. The normalized spacial score (nSPS) is 10.9. The van der Waals surface area contributed by atoms with Gasteiger partial charge >= 0.3 is 11.4 Å². The van der Waals surface area contributed by atoms with Crippen molar-refractivity contribution in [1.29, 1.82) is 10.8 Å². The number of aromatic amines is 2. The molecule has 0 aliphatic rings. The molecule has 0 atom stereocenters. The van der Waals surface area contributed by atoms with Gasteiger partial charge in [-0.05, 0) is 37.1 Å². The molecule has 10 nitrogen and oxygen atoms in total. The second-order valence-electron chi connectivity index (χ2n) is 8.32. The third kappa shape index (κ3) is 5.55. The molecule has 0 radical (unpaired) electrons. The van der Waals surface area contributed by atoms with Crippen LogP contribution in [-0.2, 0) is 10.4 Å². The zero-order valence-corrected chi connectivity index (χ0v) is 20.6. The summed E-state index contributed by atoms with van der Waals surface area (Å²) in [5, 5.41) is 22.2. The lowest BCUT2D eigenvalue weighted by atomic mass is 10.1. The Morgan fingerprint density at radius 1 is 0.649 bits per heavy atom. The van der Waals surface area contributed by atoms with E-state index in [2.05, 4.69) is 32.1 Å². The monoisotopic (exact) mass is 512 g/mol. The van der Waals surface area contributed by atoms with Crippen LogP contribution >= 0.6 is 0 Å². The minimum absolute atomic E-state index is 0.592. The molecule has 0 saturated carbocycles. The summed E-state index contributed by atoms with van der Waals surface area (Å²) in [4.78, 5) is 13.3. The van der Waals surface area contributed by atoms with Crippen molar-refractivity contribution in [3.63, 3.8) is 0 Å². The Kier molecular flexibility index (Phi) is 6.87. The van der Waals surface area contributed by atoms with Crippen LogP contribution in [0.25, 0.3) is 53.6 Å². The number of nitrogens with one attached hydrogen (secondary N) is 2. The Morgan fingerprint density at radius 2 is 1.00 bits per heavy atom. The van der Waals surface area contributed by atoms with Crippen molar-refractivity contribution in [2.45, 2.75) is 13.8 Å². The van der Waals surface area contributed by atoms with Gasteiger partial charge in [-0.1, -0.05) is 36.4 Å². The van der Waals surface area contributed by atoms with Crippen LogP contribution in [0.15, 0.2) is 72.8 Å². The first-order chi connectivity index (χ1) is 17.6. The van der Waals surface area contributed by atoms with Crippen molar-refractivity contribution in [2.24, 2.45) is 0 Å². The molecule has 0 saturated heterocycles. The molecule has 4 aromatic carbocycles. The number of aryl methyl sites for hydroxylation is 2. The van der Waals surface area contributed by atoms with E-state index in [1.165, 1.54) is 0 Å². The van der Waals surface area contributed by atoms with Gasteiger partial charge in [0.05, 0.1) is 0 Å². The van der Waals surface area contributed by atoms with E-state index in [-0.39, 0.29) is 0 Å². The van der Waals surface area contributed by atoms with E-state index in [4.69, 9.17) is 28.3 Å².